The molecule has 3 rings (SSSR count). The van der Waals surface area contributed by atoms with Gasteiger partial charge in [-0.1, -0.05) is 6.92 Å². The van der Waals surface area contributed by atoms with Gasteiger partial charge in [0.25, 0.3) is 0 Å². The largest absolute Gasteiger partial charge is 0.342 e. The number of benzene rings is 1. The molecule has 1 aromatic rings. The summed E-state index contributed by atoms with van der Waals surface area (Å²) in [6.45, 7) is 8.96. The van der Waals surface area contributed by atoms with Crippen molar-refractivity contribution in [2.24, 2.45) is 11.8 Å². The van der Waals surface area contributed by atoms with E-state index in [2.05, 4.69) is 22.0 Å². The first-order valence-electron chi connectivity index (χ1n) is 10.8. The van der Waals surface area contributed by atoms with Crippen LogP contribution in [0.5, 0.6) is 0 Å². The predicted molar refractivity (Wildman–Crippen MR) is 114 cm³/mol. The molecule has 1 aromatic carbocycles. The summed E-state index contributed by atoms with van der Waals surface area (Å²) < 4.78 is 0. The summed E-state index contributed by atoms with van der Waals surface area (Å²) in [5.74, 6) is 0.939. The number of ketones is 1. The number of nitrogens with one attached hydrogen (secondary N) is 1. The third kappa shape index (κ3) is 5.44. The molecule has 0 spiro atoms. The fourth-order valence-electron chi connectivity index (χ4n) is 4.38. The normalized spacial score (nSPS) is 22.2. The lowest BCUT2D eigenvalue weighted by Gasteiger charge is -2.38. The van der Waals surface area contributed by atoms with Crippen molar-refractivity contribution in [3.63, 3.8) is 0 Å². The van der Waals surface area contributed by atoms with Gasteiger partial charge >= 0.3 is 0 Å². The summed E-state index contributed by atoms with van der Waals surface area (Å²) >= 11 is 0. The number of carbonyl (C=O) groups is 3. The molecule has 29 heavy (non-hydrogen) atoms. The molecule has 6 nitrogen and oxygen atoms in total. The Morgan fingerprint density at radius 1 is 1.03 bits per heavy atom. The summed E-state index contributed by atoms with van der Waals surface area (Å²) in [6.07, 6.45) is 3.95. The van der Waals surface area contributed by atoms with Crippen LogP contribution in [0.25, 0.3) is 0 Å². The monoisotopic (exact) mass is 399 g/mol. The molecule has 2 saturated heterocycles. The molecule has 0 aromatic heterocycles. The van der Waals surface area contributed by atoms with E-state index in [1.807, 2.05) is 6.92 Å². The summed E-state index contributed by atoms with van der Waals surface area (Å²) in [4.78, 5) is 41.0. The summed E-state index contributed by atoms with van der Waals surface area (Å²) in [7, 11) is 0. The highest BCUT2D eigenvalue weighted by atomic mass is 16.2. The maximum Gasteiger partial charge on any atom is 0.241 e. The molecule has 0 aliphatic carbocycles. The van der Waals surface area contributed by atoms with E-state index < -0.39 is 0 Å². The number of rotatable bonds is 5. The molecule has 0 unspecified atom stereocenters. The number of piperidine rings is 2. The summed E-state index contributed by atoms with van der Waals surface area (Å²) in [6, 6.07) is 6.70. The zero-order valence-corrected chi connectivity index (χ0v) is 17.8. The number of hydrogen-bond donors (Lipinski definition) is 1. The number of nitrogens with zero attached hydrogens (tertiary/aromatic N) is 2. The fraction of sp³-hybridized carbons (Fsp3) is 0.609. The van der Waals surface area contributed by atoms with E-state index in [-0.39, 0.29) is 23.7 Å². The number of likely N-dealkylation sites (tertiary alicyclic amines) is 2. The van der Waals surface area contributed by atoms with Gasteiger partial charge in [-0.2, -0.15) is 0 Å². The summed E-state index contributed by atoms with van der Waals surface area (Å²) in [5.41, 5.74) is 1.32. The molecule has 0 saturated carbocycles. The van der Waals surface area contributed by atoms with Crippen LogP contribution in [0.2, 0.25) is 0 Å². The van der Waals surface area contributed by atoms with Gasteiger partial charge < -0.3 is 10.2 Å². The van der Waals surface area contributed by atoms with Gasteiger partial charge in [0.2, 0.25) is 11.8 Å². The number of anilines is 1. The number of amides is 2. The Kier molecular flexibility index (Phi) is 7.06. The van der Waals surface area contributed by atoms with Crippen LogP contribution in [0.4, 0.5) is 5.69 Å². The third-order valence-corrected chi connectivity index (χ3v) is 6.33. The van der Waals surface area contributed by atoms with Crippen molar-refractivity contribution in [1.29, 1.82) is 0 Å². The molecular weight excluding hydrogens is 366 g/mol. The predicted octanol–water partition coefficient (Wildman–Crippen LogP) is 3.19. The molecule has 2 atom stereocenters. The first kappa shape index (κ1) is 21.5. The van der Waals surface area contributed by atoms with Gasteiger partial charge in [0.05, 0.1) is 6.04 Å². The van der Waals surface area contributed by atoms with Crippen LogP contribution < -0.4 is 5.32 Å². The van der Waals surface area contributed by atoms with E-state index >= 15 is 0 Å². The molecule has 2 aliphatic heterocycles. The smallest absolute Gasteiger partial charge is 0.241 e. The van der Waals surface area contributed by atoms with Crippen molar-refractivity contribution in [2.45, 2.75) is 52.5 Å². The van der Waals surface area contributed by atoms with Crippen LogP contribution in [0.1, 0.15) is 56.8 Å². The Bertz CT molecular complexity index is 738. The molecule has 2 aliphatic rings. The summed E-state index contributed by atoms with van der Waals surface area (Å²) in [5, 5.41) is 2.93. The molecule has 6 heteroatoms. The second-order valence-corrected chi connectivity index (χ2v) is 8.64. The van der Waals surface area contributed by atoms with Gasteiger partial charge in [-0.05, 0) is 82.8 Å². The minimum absolute atomic E-state index is 0.00710. The molecular formula is C23H33N3O3. The lowest BCUT2D eigenvalue weighted by Crippen LogP contribution is -2.49. The zero-order valence-electron chi connectivity index (χ0n) is 17.8. The number of Topliss-reactive ketones (excluding diaryl/α,β-unsaturated/α-hetero) is 1. The highest BCUT2D eigenvalue weighted by molar-refractivity contribution is 5.97. The van der Waals surface area contributed by atoms with Crippen LogP contribution in [-0.2, 0) is 9.59 Å². The standard InChI is InChI=1S/C23H33N3O3/c1-16-5-4-12-26(15-16)23(29)20-10-13-25(14-11-20)17(2)22(28)24-21-8-6-19(7-9-21)18(3)27/h6-9,16-17,20H,4-5,10-15H2,1-3H3,(H,24,28)/t16-,17-/m0/s1. The third-order valence-electron chi connectivity index (χ3n) is 6.33. The molecule has 2 heterocycles. The van der Waals surface area contributed by atoms with E-state index in [4.69, 9.17) is 0 Å². The van der Waals surface area contributed by atoms with Gasteiger partial charge in [0.1, 0.15) is 0 Å². The minimum atomic E-state index is -0.256. The SMILES string of the molecule is CC(=O)c1ccc(NC(=O)[C@H](C)N2CCC(C(=O)N3CCC[C@H](C)C3)CC2)cc1. The first-order valence-corrected chi connectivity index (χ1v) is 10.8. The van der Waals surface area contributed by atoms with Crippen LogP contribution in [0.15, 0.2) is 24.3 Å². The van der Waals surface area contributed by atoms with E-state index in [0.717, 1.165) is 45.4 Å². The van der Waals surface area contributed by atoms with Crippen LogP contribution in [0.3, 0.4) is 0 Å². The van der Waals surface area contributed by atoms with Crippen LogP contribution >= 0.6 is 0 Å². The lowest BCUT2D eigenvalue weighted by molar-refractivity contribution is -0.139. The fourth-order valence-corrected chi connectivity index (χ4v) is 4.38. The number of hydrogen-bond acceptors (Lipinski definition) is 4. The van der Waals surface area contributed by atoms with Gasteiger partial charge in [-0.3, -0.25) is 19.3 Å². The Balaban J connectivity index is 1.48. The van der Waals surface area contributed by atoms with Crippen molar-refractivity contribution in [2.75, 3.05) is 31.5 Å². The maximum atomic E-state index is 12.8. The Morgan fingerprint density at radius 2 is 1.69 bits per heavy atom. The zero-order chi connectivity index (χ0) is 21.0. The first-order chi connectivity index (χ1) is 13.8. The average molecular weight is 400 g/mol. The Morgan fingerprint density at radius 3 is 2.28 bits per heavy atom. The Labute approximate surface area is 173 Å². The maximum absolute atomic E-state index is 12.8. The average Bonchev–Trinajstić information content (AvgIpc) is 2.73. The van der Waals surface area contributed by atoms with Gasteiger partial charge in [0.15, 0.2) is 5.78 Å². The molecule has 2 amide bonds. The molecule has 1 N–H and O–H groups in total. The van der Waals surface area contributed by atoms with Crippen molar-refractivity contribution >= 4 is 23.3 Å². The highest BCUT2D eigenvalue weighted by Gasteiger charge is 2.33. The lowest BCUT2D eigenvalue weighted by atomic mass is 9.92. The van der Waals surface area contributed by atoms with Crippen molar-refractivity contribution in [3.8, 4) is 0 Å². The molecule has 0 radical (unpaired) electrons. The van der Waals surface area contributed by atoms with Crippen LogP contribution in [-0.4, -0.2) is 59.6 Å². The van der Waals surface area contributed by atoms with Gasteiger partial charge in [-0.15, -0.1) is 0 Å². The number of carbonyl (C=O) groups excluding carboxylic acids is 3. The van der Waals surface area contributed by atoms with Crippen molar-refractivity contribution in [3.05, 3.63) is 29.8 Å². The molecule has 2 fully saturated rings. The highest BCUT2D eigenvalue weighted by Crippen LogP contribution is 2.24. The van der Waals surface area contributed by atoms with Crippen molar-refractivity contribution in [1.82, 2.24) is 9.80 Å². The molecule has 0 bridgehead atoms. The minimum Gasteiger partial charge on any atom is -0.342 e. The van der Waals surface area contributed by atoms with Crippen molar-refractivity contribution < 1.29 is 14.4 Å². The van der Waals surface area contributed by atoms with E-state index in [0.29, 0.717) is 23.1 Å². The second-order valence-electron chi connectivity index (χ2n) is 8.64. The Hall–Kier alpha value is -2.21. The topological polar surface area (TPSA) is 69.7 Å². The molecule has 158 valence electrons. The van der Waals surface area contributed by atoms with E-state index in [9.17, 15) is 14.4 Å². The quantitative estimate of drug-likeness (QED) is 0.772. The van der Waals surface area contributed by atoms with E-state index in [1.165, 1.54) is 13.3 Å². The van der Waals surface area contributed by atoms with Gasteiger partial charge in [0, 0.05) is 30.3 Å². The second kappa shape index (κ2) is 9.53. The van der Waals surface area contributed by atoms with E-state index in [1.54, 1.807) is 24.3 Å². The van der Waals surface area contributed by atoms with Gasteiger partial charge in [-0.25, -0.2) is 0 Å². The van der Waals surface area contributed by atoms with Crippen LogP contribution in [0, 0.1) is 11.8 Å².